The monoisotopic (exact) mass is 518 g/mol. The third-order valence-corrected chi connectivity index (χ3v) is 7.40. The zero-order valence-corrected chi connectivity index (χ0v) is 22.7. The summed E-state index contributed by atoms with van der Waals surface area (Å²) in [6.45, 7) is 8.38. The Morgan fingerprint density at radius 3 is 2.53 bits per heavy atom. The zero-order chi connectivity index (χ0) is 27.4. The van der Waals surface area contributed by atoms with Crippen LogP contribution in [0.25, 0.3) is 22.3 Å². The zero-order valence-electron chi connectivity index (χ0n) is 22.7. The van der Waals surface area contributed by atoms with Crippen molar-refractivity contribution in [1.29, 1.82) is 0 Å². The van der Waals surface area contributed by atoms with Crippen LogP contribution in [0.15, 0.2) is 41.2 Å². The highest BCUT2D eigenvalue weighted by atomic mass is 16.2. The maximum Gasteiger partial charge on any atom is 0.258 e. The van der Waals surface area contributed by atoms with Crippen molar-refractivity contribution in [3.05, 3.63) is 57.7 Å². The van der Waals surface area contributed by atoms with Crippen molar-refractivity contribution in [2.45, 2.75) is 58.5 Å². The Morgan fingerprint density at radius 1 is 1.18 bits per heavy atom. The molecule has 2 amide bonds. The molecule has 1 saturated heterocycles. The van der Waals surface area contributed by atoms with Gasteiger partial charge in [0.25, 0.3) is 5.91 Å². The first kappa shape index (κ1) is 27.3. The van der Waals surface area contributed by atoms with Crippen molar-refractivity contribution in [2.24, 2.45) is 5.92 Å². The van der Waals surface area contributed by atoms with Gasteiger partial charge >= 0.3 is 0 Å². The molecule has 0 saturated carbocycles. The molecule has 0 bridgehead atoms. The number of rotatable bonds is 9. The Kier molecular flexibility index (Phi) is 8.16. The first-order valence-electron chi connectivity index (χ1n) is 13.3. The first-order chi connectivity index (χ1) is 18.2. The molecule has 1 aromatic carbocycles. The van der Waals surface area contributed by atoms with Crippen LogP contribution in [0.3, 0.4) is 0 Å². The van der Waals surface area contributed by atoms with Crippen LogP contribution in [0.1, 0.15) is 56.0 Å². The summed E-state index contributed by atoms with van der Waals surface area (Å²) in [5, 5.41) is 9.48. The highest BCUT2D eigenvalue weighted by Gasteiger charge is 2.31. The minimum absolute atomic E-state index is 0.00297. The third-order valence-electron chi connectivity index (χ3n) is 7.40. The summed E-state index contributed by atoms with van der Waals surface area (Å²) in [6, 6.07) is 11.2. The predicted octanol–water partition coefficient (Wildman–Crippen LogP) is 2.85. The fourth-order valence-electron chi connectivity index (χ4n) is 5.14. The lowest BCUT2D eigenvalue weighted by Gasteiger charge is -2.28. The molecule has 0 spiro atoms. The van der Waals surface area contributed by atoms with Crippen molar-refractivity contribution in [3.63, 3.8) is 0 Å². The molecule has 5 N–H and O–H groups in total. The number of nitrogens with one attached hydrogen (secondary N) is 3. The maximum absolute atomic E-state index is 13.1. The number of pyridine rings is 2. The summed E-state index contributed by atoms with van der Waals surface area (Å²) < 4.78 is 1.75. The van der Waals surface area contributed by atoms with E-state index in [9.17, 15) is 14.4 Å². The number of hydrogen-bond acceptors (Lipinski definition) is 6. The van der Waals surface area contributed by atoms with E-state index in [0.29, 0.717) is 36.2 Å². The van der Waals surface area contributed by atoms with E-state index in [-0.39, 0.29) is 28.7 Å². The van der Waals surface area contributed by atoms with Crippen LogP contribution in [-0.4, -0.2) is 47.0 Å². The second-order valence-electron chi connectivity index (χ2n) is 10.6. The Hall–Kier alpha value is -3.72. The summed E-state index contributed by atoms with van der Waals surface area (Å²) in [7, 11) is 1.47. The number of aromatic nitrogens is 2. The number of nitrogens with two attached hydrogens (primary N) is 1. The van der Waals surface area contributed by atoms with Crippen LogP contribution < -0.4 is 27.1 Å². The topological polar surface area (TPSA) is 131 Å². The van der Waals surface area contributed by atoms with E-state index in [1.54, 1.807) is 16.7 Å². The fraction of sp³-hybridized carbons (Fsp3) is 0.448. The molecule has 38 heavy (non-hydrogen) atoms. The first-order valence-corrected chi connectivity index (χ1v) is 13.3. The molecule has 0 radical (unpaired) electrons. The standard InChI is InChI=1S/C29H38N6O3/c1-5-29(13-6-14-33-29)17-32-23(36)15-19-7-9-20(10-8-19)22-12-11-21-25(37)24(28(38)31-4)26(30)35(16-18(2)3)27(21)34-22/h7-12,18,33H,5-6,13-17,30H2,1-4H3,(H,31,38)(H,32,36)/t29-/m0/s1. The average molecular weight is 519 g/mol. The van der Waals surface area contributed by atoms with Gasteiger partial charge in [0, 0.05) is 31.2 Å². The lowest BCUT2D eigenvalue weighted by molar-refractivity contribution is -0.120. The molecule has 4 rings (SSSR count). The lowest BCUT2D eigenvalue weighted by atomic mass is 9.94. The normalized spacial score (nSPS) is 17.2. The summed E-state index contributed by atoms with van der Waals surface area (Å²) in [4.78, 5) is 42.9. The van der Waals surface area contributed by atoms with Crippen LogP contribution in [0.2, 0.25) is 0 Å². The van der Waals surface area contributed by atoms with Gasteiger partial charge in [0.15, 0.2) is 0 Å². The van der Waals surface area contributed by atoms with E-state index in [1.165, 1.54) is 7.05 Å². The molecule has 1 aliphatic heterocycles. The van der Waals surface area contributed by atoms with Crippen LogP contribution in [0, 0.1) is 5.92 Å². The van der Waals surface area contributed by atoms with E-state index < -0.39 is 11.3 Å². The van der Waals surface area contributed by atoms with Gasteiger partial charge in [0.05, 0.1) is 17.5 Å². The number of amides is 2. The van der Waals surface area contributed by atoms with Crippen molar-refractivity contribution in [2.75, 3.05) is 25.9 Å². The van der Waals surface area contributed by atoms with E-state index in [1.807, 2.05) is 38.1 Å². The smallest absolute Gasteiger partial charge is 0.258 e. The molecular weight excluding hydrogens is 480 g/mol. The summed E-state index contributed by atoms with van der Waals surface area (Å²) >= 11 is 0. The molecule has 3 heterocycles. The fourth-order valence-corrected chi connectivity index (χ4v) is 5.14. The van der Waals surface area contributed by atoms with Crippen molar-refractivity contribution in [3.8, 4) is 11.3 Å². The summed E-state index contributed by atoms with van der Waals surface area (Å²) in [6.07, 6.45) is 3.52. The number of benzene rings is 1. The van der Waals surface area contributed by atoms with Gasteiger partial charge in [-0.3, -0.25) is 14.4 Å². The molecule has 1 aliphatic rings. The second kappa shape index (κ2) is 11.3. The average Bonchev–Trinajstić information content (AvgIpc) is 3.39. The van der Waals surface area contributed by atoms with Crippen molar-refractivity contribution in [1.82, 2.24) is 25.5 Å². The number of nitrogen functional groups attached to an aromatic ring is 1. The number of hydrogen-bond donors (Lipinski definition) is 4. The number of nitrogens with zero attached hydrogens (tertiary/aromatic N) is 2. The quantitative estimate of drug-likeness (QED) is 0.345. The Labute approximate surface area is 223 Å². The lowest BCUT2D eigenvalue weighted by Crippen LogP contribution is -2.49. The second-order valence-corrected chi connectivity index (χ2v) is 10.6. The van der Waals surface area contributed by atoms with Crippen LogP contribution in [0.4, 0.5) is 5.82 Å². The molecule has 0 aliphatic carbocycles. The van der Waals surface area contributed by atoms with E-state index >= 15 is 0 Å². The van der Waals surface area contributed by atoms with Crippen LogP contribution >= 0.6 is 0 Å². The molecule has 2 aromatic heterocycles. The number of carbonyl (C=O) groups excluding carboxylic acids is 2. The van der Waals surface area contributed by atoms with Gasteiger partial charge in [0.2, 0.25) is 11.3 Å². The molecule has 202 valence electrons. The van der Waals surface area contributed by atoms with Crippen molar-refractivity contribution < 1.29 is 9.59 Å². The molecule has 1 fully saturated rings. The number of carbonyl (C=O) groups is 2. The number of fused-ring (bicyclic) bond motifs is 1. The largest absolute Gasteiger partial charge is 0.384 e. The third kappa shape index (κ3) is 5.57. The predicted molar refractivity (Wildman–Crippen MR) is 151 cm³/mol. The van der Waals surface area contributed by atoms with Gasteiger partial charge < -0.3 is 26.3 Å². The Balaban J connectivity index is 1.58. The van der Waals surface area contributed by atoms with E-state index in [4.69, 9.17) is 10.7 Å². The van der Waals surface area contributed by atoms with E-state index in [0.717, 1.165) is 36.9 Å². The van der Waals surface area contributed by atoms with Gasteiger partial charge in [-0.1, -0.05) is 45.0 Å². The van der Waals surface area contributed by atoms with Crippen LogP contribution in [-0.2, 0) is 17.8 Å². The minimum atomic E-state index is -0.514. The molecule has 3 aromatic rings. The molecule has 1 atom stereocenters. The molecular formula is C29H38N6O3. The summed E-state index contributed by atoms with van der Waals surface area (Å²) in [5.41, 5.74) is 8.73. The van der Waals surface area contributed by atoms with Gasteiger partial charge in [-0.05, 0) is 49.4 Å². The maximum atomic E-state index is 13.1. The SMILES string of the molecule is CC[C@@]1(CNC(=O)Cc2ccc(-c3ccc4c(=O)c(C(=O)NC)c(N)n(CC(C)C)c4n3)cc2)CCCN1. The summed E-state index contributed by atoms with van der Waals surface area (Å²) in [5.74, 6) is -0.185. The van der Waals surface area contributed by atoms with Gasteiger partial charge in [-0.15, -0.1) is 0 Å². The van der Waals surface area contributed by atoms with Gasteiger partial charge in [-0.2, -0.15) is 0 Å². The Bertz CT molecular complexity index is 1390. The van der Waals surface area contributed by atoms with Gasteiger partial charge in [0.1, 0.15) is 17.0 Å². The molecule has 9 heteroatoms. The number of anilines is 1. The minimum Gasteiger partial charge on any atom is -0.384 e. The molecule has 9 nitrogen and oxygen atoms in total. The van der Waals surface area contributed by atoms with Crippen LogP contribution in [0.5, 0.6) is 0 Å². The highest BCUT2D eigenvalue weighted by molar-refractivity contribution is 6.01. The van der Waals surface area contributed by atoms with Crippen molar-refractivity contribution >= 4 is 28.7 Å². The Morgan fingerprint density at radius 2 is 1.92 bits per heavy atom. The highest BCUT2D eigenvalue weighted by Crippen LogP contribution is 2.25. The van der Waals surface area contributed by atoms with E-state index in [2.05, 4.69) is 22.9 Å². The van der Waals surface area contributed by atoms with Gasteiger partial charge in [-0.25, -0.2) is 4.98 Å². The molecule has 0 unspecified atom stereocenters.